The Labute approximate surface area is 167 Å². The van der Waals surface area contributed by atoms with E-state index in [1.807, 2.05) is 0 Å². The molecule has 2 aromatic rings. The lowest BCUT2D eigenvalue weighted by Gasteiger charge is -2.17. The monoisotopic (exact) mass is 432 g/mol. The first-order valence-corrected chi connectivity index (χ1v) is 8.26. The average molecular weight is 432 g/mol. The number of hydrazine groups is 1. The third kappa shape index (κ3) is 5.31. The fraction of sp³-hybridized carbons (Fsp3) is 0.267. The first-order valence-electron chi connectivity index (χ1n) is 7.85. The molecule has 0 unspecified atom stereocenters. The van der Waals surface area contributed by atoms with E-state index in [1.54, 1.807) is 0 Å². The smallest absolute Gasteiger partial charge is 0.418 e. The normalized spacial score (nSPS) is 12.0. The molecule has 0 bridgehead atoms. The van der Waals surface area contributed by atoms with E-state index >= 15 is 0 Å². The highest BCUT2D eigenvalue weighted by molar-refractivity contribution is 7.80. The molecule has 1 heterocycles. The second kappa shape index (κ2) is 8.72. The van der Waals surface area contributed by atoms with Crippen LogP contribution in [0.5, 0.6) is 5.88 Å². The standard InChI is InChI=1S/C15H15F3N6O4S/c1-8(23-7-11(24(26)27)13(22-23)28-2)12(25)20-21-14(29)19-10-6-4-3-5-9(10)15(16,17)18/h3-8H,1-2H3,(H,20,25)(H2,19,21,29)/t8-/m0/s1. The van der Waals surface area contributed by atoms with Crippen molar-refractivity contribution in [3.63, 3.8) is 0 Å². The van der Waals surface area contributed by atoms with Crippen LogP contribution >= 0.6 is 12.2 Å². The van der Waals surface area contributed by atoms with Gasteiger partial charge in [-0.25, -0.2) is 4.68 Å². The molecule has 1 amide bonds. The van der Waals surface area contributed by atoms with Gasteiger partial charge in [0.15, 0.2) is 5.11 Å². The maximum Gasteiger partial charge on any atom is 0.418 e. The number of methoxy groups -OCH3 is 1. The minimum Gasteiger partial charge on any atom is -0.475 e. The lowest BCUT2D eigenvalue weighted by Crippen LogP contribution is -2.46. The molecule has 156 valence electrons. The molecule has 29 heavy (non-hydrogen) atoms. The summed E-state index contributed by atoms with van der Waals surface area (Å²) in [5.41, 5.74) is 2.80. The van der Waals surface area contributed by atoms with Gasteiger partial charge in [-0.05, 0) is 31.3 Å². The van der Waals surface area contributed by atoms with Crippen molar-refractivity contribution in [2.75, 3.05) is 12.4 Å². The number of nitrogens with one attached hydrogen (secondary N) is 3. The van der Waals surface area contributed by atoms with Gasteiger partial charge in [-0.2, -0.15) is 13.2 Å². The van der Waals surface area contributed by atoms with Crippen LogP contribution in [0.15, 0.2) is 30.5 Å². The van der Waals surface area contributed by atoms with Crippen molar-refractivity contribution < 1.29 is 27.6 Å². The molecule has 1 atom stereocenters. The Morgan fingerprint density at radius 2 is 2.00 bits per heavy atom. The van der Waals surface area contributed by atoms with Gasteiger partial charge in [0, 0.05) is 0 Å². The molecule has 0 fully saturated rings. The van der Waals surface area contributed by atoms with Crippen molar-refractivity contribution in [3.05, 3.63) is 46.1 Å². The number of carbonyl (C=O) groups is 1. The second-order valence-corrected chi connectivity index (χ2v) is 5.96. The molecule has 0 aliphatic rings. The van der Waals surface area contributed by atoms with E-state index in [2.05, 4.69) is 21.3 Å². The number of halogens is 3. The zero-order chi connectivity index (χ0) is 21.8. The molecule has 10 nitrogen and oxygen atoms in total. The van der Waals surface area contributed by atoms with Crippen LogP contribution in [-0.2, 0) is 11.0 Å². The number of benzene rings is 1. The summed E-state index contributed by atoms with van der Waals surface area (Å²) in [6, 6.07) is 3.65. The first-order chi connectivity index (χ1) is 13.5. The summed E-state index contributed by atoms with van der Waals surface area (Å²) < 4.78 is 44.7. The van der Waals surface area contributed by atoms with Gasteiger partial charge in [-0.1, -0.05) is 12.1 Å². The highest BCUT2D eigenvalue weighted by Crippen LogP contribution is 2.34. The number of hydrogen-bond donors (Lipinski definition) is 3. The van der Waals surface area contributed by atoms with Gasteiger partial charge in [0.05, 0.1) is 23.3 Å². The molecule has 0 aliphatic carbocycles. The Bertz CT molecular complexity index is 933. The zero-order valence-corrected chi connectivity index (χ0v) is 15.8. The minimum atomic E-state index is -4.59. The minimum absolute atomic E-state index is 0.274. The van der Waals surface area contributed by atoms with E-state index in [9.17, 15) is 28.1 Å². The van der Waals surface area contributed by atoms with E-state index in [-0.39, 0.29) is 16.7 Å². The SMILES string of the molecule is COc1nn([C@@H](C)C(=O)NNC(=S)Nc2ccccc2C(F)(F)F)cc1[N+](=O)[O-]. The molecule has 1 aromatic heterocycles. The largest absolute Gasteiger partial charge is 0.475 e. The number of anilines is 1. The van der Waals surface area contributed by atoms with Crippen LogP contribution in [-0.4, -0.2) is 32.8 Å². The molecule has 2 rings (SSSR count). The van der Waals surface area contributed by atoms with E-state index in [0.29, 0.717) is 0 Å². The molecule has 1 aromatic carbocycles. The summed E-state index contributed by atoms with van der Waals surface area (Å²) in [4.78, 5) is 22.4. The van der Waals surface area contributed by atoms with Crippen LogP contribution in [0, 0.1) is 10.1 Å². The first kappa shape index (κ1) is 21.9. The zero-order valence-electron chi connectivity index (χ0n) is 15.0. The van der Waals surface area contributed by atoms with Gasteiger partial charge in [0.2, 0.25) is 0 Å². The molecule has 0 saturated heterocycles. The summed E-state index contributed by atoms with van der Waals surface area (Å²) in [5, 5.41) is 16.8. The molecule has 0 saturated carbocycles. The molecule has 3 N–H and O–H groups in total. The van der Waals surface area contributed by atoms with Crippen LogP contribution in [0.1, 0.15) is 18.5 Å². The van der Waals surface area contributed by atoms with E-state index in [0.717, 1.165) is 16.9 Å². The molecular weight excluding hydrogens is 417 g/mol. The predicted molar refractivity (Wildman–Crippen MR) is 99.1 cm³/mol. The van der Waals surface area contributed by atoms with Crippen molar-refractivity contribution in [3.8, 4) is 5.88 Å². The summed E-state index contributed by atoms with van der Waals surface area (Å²) in [6.07, 6.45) is -3.58. The quantitative estimate of drug-likeness (QED) is 0.374. The summed E-state index contributed by atoms with van der Waals surface area (Å²) >= 11 is 4.88. The highest BCUT2D eigenvalue weighted by atomic mass is 32.1. The number of thiocarbonyl (C=S) groups is 1. The number of nitrogens with zero attached hydrogens (tertiary/aromatic N) is 3. The van der Waals surface area contributed by atoms with Gasteiger partial charge >= 0.3 is 17.7 Å². The van der Waals surface area contributed by atoms with Gasteiger partial charge in [0.1, 0.15) is 12.2 Å². The van der Waals surface area contributed by atoms with Crippen LogP contribution < -0.4 is 20.9 Å². The molecule has 14 heteroatoms. The van der Waals surface area contributed by atoms with Gasteiger partial charge in [-0.3, -0.25) is 25.8 Å². The number of aromatic nitrogens is 2. The molecule has 0 spiro atoms. The van der Waals surface area contributed by atoms with Crippen molar-refractivity contribution in [1.29, 1.82) is 0 Å². The maximum atomic E-state index is 13.0. The Hall–Kier alpha value is -3.42. The Kier molecular flexibility index (Phi) is 6.58. The number of para-hydroxylation sites is 1. The van der Waals surface area contributed by atoms with Crippen LogP contribution in [0.2, 0.25) is 0 Å². The molecule has 0 radical (unpaired) electrons. The molecule has 0 aliphatic heterocycles. The lowest BCUT2D eigenvalue weighted by molar-refractivity contribution is -0.385. The van der Waals surface area contributed by atoms with Crippen LogP contribution in [0.3, 0.4) is 0 Å². The number of amides is 1. The highest BCUT2D eigenvalue weighted by Gasteiger charge is 2.33. The fourth-order valence-corrected chi connectivity index (χ4v) is 2.33. The summed E-state index contributed by atoms with van der Waals surface area (Å²) in [7, 11) is 1.19. The van der Waals surface area contributed by atoms with E-state index < -0.39 is 34.3 Å². The average Bonchev–Trinajstić information content (AvgIpc) is 3.09. The van der Waals surface area contributed by atoms with Crippen molar-refractivity contribution >= 4 is 34.6 Å². The third-order valence-corrected chi connectivity index (χ3v) is 3.83. The number of alkyl halides is 3. The van der Waals surface area contributed by atoms with Gasteiger partial charge < -0.3 is 10.1 Å². The maximum absolute atomic E-state index is 13.0. The van der Waals surface area contributed by atoms with Gasteiger partial charge in [-0.15, -0.1) is 5.10 Å². The van der Waals surface area contributed by atoms with E-state index in [4.69, 9.17) is 17.0 Å². The second-order valence-electron chi connectivity index (χ2n) is 5.55. The predicted octanol–water partition coefficient (Wildman–Crippen LogP) is 2.40. The molecular formula is C15H15F3N6O4S. The number of ether oxygens (including phenoxy) is 1. The number of nitro groups is 1. The summed E-state index contributed by atoms with van der Waals surface area (Å²) in [6.45, 7) is 1.39. The summed E-state index contributed by atoms with van der Waals surface area (Å²) in [5.74, 6) is -0.984. The Morgan fingerprint density at radius 3 is 2.55 bits per heavy atom. The fourth-order valence-electron chi connectivity index (χ4n) is 2.17. The van der Waals surface area contributed by atoms with Crippen LogP contribution in [0.25, 0.3) is 0 Å². The number of hydrogen-bond acceptors (Lipinski definition) is 6. The van der Waals surface area contributed by atoms with Crippen molar-refractivity contribution in [2.45, 2.75) is 19.1 Å². The topological polar surface area (TPSA) is 123 Å². The van der Waals surface area contributed by atoms with Crippen molar-refractivity contribution in [1.82, 2.24) is 20.6 Å². The Morgan fingerprint density at radius 1 is 1.34 bits per heavy atom. The van der Waals surface area contributed by atoms with Crippen molar-refractivity contribution in [2.24, 2.45) is 0 Å². The number of carbonyl (C=O) groups excluding carboxylic acids is 1. The third-order valence-electron chi connectivity index (χ3n) is 3.63. The number of rotatable bonds is 5. The lowest BCUT2D eigenvalue weighted by atomic mass is 10.2. The Balaban J connectivity index is 2.01. The van der Waals surface area contributed by atoms with Crippen LogP contribution in [0.4, 0.5) is 24.5 Å². The van der Waals surface area contributed by atoms with E-state index in [1.165, 1.54) is 32.2 Å². The van der Waals surface area contributed by atoms with Gasteiger partial charge in [0.25, 0.3) is 5.91 Å².